The summed E-state index contributed by atoms with van der Waals surface area (Å²) >= 11 is 0. The van der Waals surface area contributed by atoms with E-state index in [4.69, 9.17) is 0 Å². The van der Waals surface area contributed by atoms with Crippen molar-refractivity contribution in [3.63, 3.8) is 0 Å². The molecule has 2 rings (SSSR count). The molecule has 1 aliphatic carbocycles. The van der Waals surface area contributed by atoms with Gasteiger partial charge in [0.25, 0.3) is 0 Å². The average molecular weight is 148 g/mol. The van der Waals surface area contributed by atoms with Crippen molar-refractivity contribution >= 4 is 0 Å². The molecule has 0 aromatic carbocycles. The first-order valence-electron chi connectivity index (χ1n) is 4.11. The van der Waals surface area contributed by atoms with E-state index in [-0.39, 0.29) is 0 Å². The summed E-state index contributed by atoms with van der Waals surface area (Å²) in [6.07, 6.45) is 9.99. The second-order valence-electron chi connectivity index (χ2n) is 2.99. The average Bonchev–Trinajstić information content (AvgIpc) is 2.58. The number of H-pyrrole nitrogens is 1. The second-order valence-corrected chi connectivity index (χ2v) is 2.99. The molecule has 0 aliphatic heterocycles. The molecule has 1 aliphatic rings. The molecule has 1 heterocycles. The molecule has 0 saturated heterocycles. The molecular formula is C9H12N2. The van der Waals surface area contributed by atoms with E-state index in [0.29, 0.717) is 5.92 Å². The van der Waals surface area contributed by atoms with Gasteiger partial charge in [0, 0.05) is 17.8 Å². The molecule has 11 heavy (non-hydrogen) atoms. The van der Waals surface area contributed by atoms with Gasteiger partial charge in [0.05, 0.1) is 0 Å². The van der Waals surface area contributed by atoms with E-state index in [9.17, 15) is 0 Å². The van der Waals surface area contributed by atoms with Crippen LogP contribution < -0.4 is 0 Å². The van der Waals surface area contributed by atoms with Crippen LogP contribution in [-0.2, 0) is 0 Å². The van der Waals surface area contributed by atoms with Crippen LogP contribution in [0.5, 0.6) is 0 Å². The predicted octanol–water partition coefficient (Wildman–Crippen LogP) is 2.23. The lowest BCUT2D eigenvalue weighted by Gasteiger charge is -2.14. The van der Waals surface area contributed by atoms with E-state index in [1.165, 1.54) is 25.0 Å². The Labute approximate surface area is 66.3 Å². The van der Waals surface area contributed by atoms with Gasteiger partial charge in [-0.05, 0) is 25.3 Å². The highest BCUT2D eigenvalue weighted by Crippen LogP contribution is 2.26. The Kier molecular flexibility index (Phi) is 1.76. The normalized spacial score (nSPS) is 23.8. The van der Waals surface area contributed by atoms with E-state index >= 15 is 0 Å². The zero-order valence-electron chi connectivity index (χ0n) is 6.46. The van der Waals surface area contributed by atoms with Gasteiger partial charge in [0.2, 0.25) is 0 Å². The van der Waals surface area contributed by atoms with Gasteiger partial charge in [-0.25, -0.2) is 0 Å². The molecule has 1 N–H and O–H groups in total. The predicted molar refractivity (Wildman–Crippen MR) is 44.3 cm³/mol. The minimum Gasteiger partial charge on any atom is -0.282 e. The van der Waals surface area contributed by atoms with Crippen molar-refractivity contribution in [2.24, 2.45) is 0 Å². The van der Waals surface area contributed by atoms with Crippen LogP contribution in [0, 0.1) is 0 Å². The van der Waals surface area contributed by atoms with Crippen LogP contribution in [0.1, 0.15) is 30.9 Å². The Balaban J connectivity index is 2.11. The van der Waals surface area contributed by atoms with Gasteiger partial charge >= 0.3 is 0 Å². The first-order chi connectivity index (χ1) is 5.47. The van der Waals surface area contributed by atoms with Gasteiger partial charge in [-0.3, -0.25) is 5.10 Å². The molecule has 1 aromatic heterocycles. The molecule has 1 unspecified atom stereocenters. The summed E-state index contributed by atoms with van der Waals surface area (Å²) in [6, 6.07) is 2.07. The highest BCUT2D eigenvalue weighted by atomic mass is 15.1. The molecular weight excluding hydrogens is 136 g/mol. The maximum absolute atomic E-state index is 3.95. The topological polar surface area (TPSA) is 28.7 Å². The number of hydrogen-bond donors (Lipinski definition) is 1. The van der Waals surface area contributed by atoms with Gasteiger partial charge in [-0.2, -0.15) is 5.10 Å². The van der Waals surface area contributed by atoms with Crippen molar-refractivity contribution in [2.75, 3.05) is 0 Å². The summed E-state index contributed by atoms with van der Waals surface area (Å²) in [5, 5.41) is 6.97. The number of aromatic nitrogens is 2. The summed E-state index contributed by atoms with van der Waals surface area (Å²) in [6.45, 7) is 0. The fraction of sp³-hybridized carbons (Fsp3) is 0.444. The SMILES string of the molecule is C1=CCC(c2ccn[nH]2)CC1. The van der Waals surface area contributed by atoms with Crippen LogP contribution in [0.25, 0.3) is 0 Å². The minimum atomic E-state index is 0.683. The maximum atomic E-state index is 3.95. The van der Waals surface area contributed by atoms with Crippen LogP contribution in [0.15, 0.2) is 24.4 Å². The number of allylic oxidation sites excluding steroid dienone is 2. The number of nitrogens with one attached hydrogen (secondary N) is 1. The van der Waals surface area contributed by atoms with Gasteiger partial charge in [0.1, 0.15) is 0 Å². The van der Waals surface area contributed by atoms with E-state index in [1.54, 1.807) is 0 Å². The largest absolute Gasteiger partial charge is 0.282 e. The molecule has 2 heteroatoms. The van der Waals surface area contributed by atoms with E-state index in [0.717, 1.165) is 0 Å². The van der Waals surface area contributed by atoms with Gasteiger partial charge in [-0.15, -0.1) is 0 Å². The Morgan fingerprint density at radius 3 is 3.09 bits per heavy atom. The lowest BCUT2D eigenvalue weighted by molar-refractivity contribution is 0.599. The third-order valence-corrected chi connectivity index (χ3v) is 2.23. The van der Waals surface area contributed by atoms with Gasteiger partial charge in [0.15, 0.2) is 0 Å². The molecule has 0 amide bonds. The van der Waals surface area contributed by atoms with E-state index in [1.807, 2.05) is 6.20 Å². The van der Waals surface area contributed by atoms with Crippen molar-refractivity contribution in [3.05, 3.63) is 30.1 Å². The van der Waals surface area contributed by atoms with Gasteiger partial charge < -0.3 is 0 Å². The molecule has 0 radical (unpaired) electrons. The van der Waals surface area contributed by atoms with Crippen molar-refractivity contribution in [2.45, 2.75) is 25.2 Å². The molecule has 0 saturated carbocycles. The highest BCUT2D eigenvalue weighted by Gasteiger charge is 2.12. The van der Waals surface area contributed by atoms with Gasteiger partial charge in [-0.1, -0.05) is 12.2 Å². The quantitative estimate of drug-likeness (QED) is 0.608. The van der Waals surface area contributed by atoms with Crippen LogP contribution >= 0.6 is 0 Å². The van der Waals surface area contributed by atoms with Crippen LogP contribution in [0.2, 0.25) is 0 Å². The summed E-state index contributed by atoms with van der Waals surface area (Å²) in [5.41, 5.74) is 1.29. The standard InChI is InChI=1S/C9H12N2/c1-2-4-8(5-3-1)9-6-7-10-11-9/h1-2,6-8H,3-5H2,(H,10,11). The lowest BCUT2D eigenvalue weighted by atomic mass is 9.92. The number of rotatable bonds is 1. The molecule has 1 atom stereocenters. The highest BCUT2D eigenvalue weighted by molar-refractivity contribution is 5.10. The van der Waals surface area contributed by atoms with Crippen LogP contribution in [-0.4, -0.2) is 10.2 Å². The molecule has 2 nitrogen and oxygen atoms in total. The van der Waals surface area contributed by atoms with Crippen molar-refractivity contribution < 1.29 is 0 Å². The fourth-order valence-corrected chi connectivity index (χ4v) is 1.57. The first-order valence-corrected chi connectivity index (χ1v) is 4.11. The summed E-state index contributed by atoms with van der Waals surface area (Å²) in [5.74, 6) is 0.683. The number of hydrogen-bond acceptors (Lipinski definition) is 1. The monoisotopic (exact) mass is 148 g/mol. The summed E-state index contributed by atoms with van der Waals surface area (Å²) in [4.78, 5) is 0. The van der Waals surface area contributed by atoms with Crippen LogP contribution in [0.4, 0.5) is 0 Å². The number of nitrogens with zero attached hydrogens (tertiary/aromatic N) is 1. The summed E-state index contributed by atoms with van der Waals surface area (Å²) in [7, 11) is 0. The Morgan fingerprint density at radius 1 is 1.45 bits per heavy atom. The van der Waals surface area contributed by atoms with E-state index < -0.39 is 0 Å². The first kappa shape index (κ1) is 6.65. The van der Waals surface area contributed by atoms with Crippen molar-refractivity contribution in [3.8, 4) is 0 Å². The molecule has 0 fully saturated rings. The van der Waals surface area contributed by atoms with Crippen LogP contribution in [0.3, 0.4) is 0 Å². The van der Waals surface area contributed by atoms with Crippen molar-refractivity contribution in [1.82, 2.24) is 10.2 Å². The molecule has 58 valence electrons. The van der Waals surface area contributed by atoms with E-state index in [2.05, 4.69) is 28.4 Å². The molecule has 0 spiro atoms. The Morgan fingerprint density at radius 2 is 2.45 bits per heavy atom. The molecule has 0 bridgehead atoms. The fourth-order valence-electron chi connectivity index (χ4n) is 1.57. The number of aromatic amines is 1. The summed E-state index contributed by atoms with van der Waals surface area (Å²) < 4.78 is 0. The maximum Gasteiger partial charge on any atom is 0.0490 e. The second kappa shape index (κ2) is 2.91. The smallest absolute Gasteiger partial charge is 0.0490 e. The minimum absolute atomic E-state index is 0.683. The zero-order valence-corrected chi connectivity index (χ0v) is 6.46. The lowest BCUT2D eigenvalue weighted by Crippen LogP contribution is -2.00. The van der Waals surface area contributed by atoms with Crippen molar-refractivity contribution in [1.29, 1.82) is 0 Å². The third-order valence-electron chi connectivity index (χ3n) is 2.23. The molecule has 1 aromatic rings. The zero-order chi connectivity index (χ0) is 7.52. The Hall–Kier alpha value is -1.05. The third kappa shape index (κ3) is 1.34. The Bertz CT molecular complexity index is 236.